The number of nitrogens with zero attached hydrogens (tertiary/aromatic N) is 6. The van der Waals surface area contributed by atoms with Gasteiger partial charge in [-0.3, -0.25) is 4.79 Å². The summed E-state index contributed by atoms with van der Waals surface area (Å²) in [4.78, 5) is 22.2. The Kier molecular flexibility index (Phi) is 5.25. The summed E-state index contributed by atoms with van der Waals surface area (Å²) in [5.74, 6) is -1.79. The summed E-state index contributed by atoms with van der Waals surface area (Å²) >= 11 is 0. The largest absolute Gasteiger partial charge is 0.390 e. The number of aromatic nitrogens is 4. The smallest absolute Gasteiger partial charge is 0.358 e. The van der Waals surface area contributed by atoms with Crippen LogP contribution in [0.4, 0.5) is 10.2 Å². The fourth-order valence-electron chi connectivity index (χ4n) is 2.17. The first-order chi connectivity index (χ1) is 11.7. The lowest BCUT2D eigenvalue weighted by atomic mass is 10.2. The van der Waals surface area contributed by atoms with E-state index in [2.05, 4.69) is 20.7 Å². The molecule has 2 aromatic rings. The third-order valence-corrected chi connectivity index (χ3v) is 3.61. The van der Waals surface area contributed by atoms with E-state index < -0.39 is 22.7 Å². The van der Waals surface area contributed by atoms with Gasteiger partial charge in [-0.1, -0.05) is 6.92 Å². The Morgan fingerprint density at radius 1 is 1.52 bits per heavy atom. The highest BCUT2D eigenvalue weighted by atomic mass is 19.1. The number of carbonyl (C=O) groups excluding carboxylic acids is 1. The average Bonchev–Trinajstić information content (AvgIpc) is 3.01. The summed E-state index contributed by atoms with van der Waals surface area (Å²) in [6.45, 7) is 5.08. The molecule has 1 N–H and O–H groups in total. The second kappa shape index (κ2) is 7.20. The molecule has 0 spiro atoms. The third-order valence-electron chi connectivity index (χ3n) is 3.61. The first kappa shape index (κ1) is 18.2. The van der Waals surface area contributed by atoms with Crippen LogP contribution < -0.4 is 5.43 Å². The molecule has 1 amide bonds. The van der Waals surface area contributed by atoms with Crippen LogP contribution in [0.3, 0.4) is 0 Å². The number of amides is 1. The summed E-state index contributed by atoms with van der Waals surface area (Å²) in [6.07, 6.45) is 1.19. The Balaban J connectivity index is 1.98. The Hall–Kier alpha value is -3.11. The van der Waals surface area contributed by atoms with Gasteiger partial charge in [0.05, 0.1) is 46.8 Å². The van der Waals surface area contributed by atoms with E-state index in [0.717, 1.165) is 4.68 Å². The van der Waals surface area contributed by atoms with E-state index in [4.69, 9.17) is 0 Å². The van der Waals surface area contributed by atoms with Gasteiger partial charge in [0.1, 0.15) is 0 Å². The molecule has 1 atom stereocenters. The first-order valence-electron chi connectivity index (χ1n) is 7.41. The predicted octanol–water partition coefficient (Wildman–Crippen LogP) is 1.07. The lowest BCUT2D eigenvalue weighted by Crippen LogP contribution is -2.28. The zero-order valence-electron chi connectivity index (χ0n) is 14.2. The van der Waals surface area contributed by atoms with Gasteiger partial charge >= 0.3 is 5.82 Å². The van der Waals surface area contributed by atoms with Crippen LogP contribution in [-0.4, -0.2) is 36.6 Å². The molecular weight excluding hydrogens is 333 g/mol. The van der Waals surface area contributed by atoms with Crippen molar-refractivity contribution in [1.82, 2.24) is 25.0 Å². The number of carbonyl (C=O) groups is 1. The standard InChI is InChI=1S/C14H18FN7O3/c1-8(7-21-9(2)5-12(19-21)22(24)25)14(23)17-16-6-11-10(3)18-20(4)13(11)15/h5-6,8H,7H2,1-4H3,(H,17,23)/b16-6-/t8-/m0/s1. The number of halogens is 1. The van der Waals surface area contributed by atoms with Crippen molar-refractivity contribution in [3.05, 3.63) is 39.1 Å². The average molecular weight is 351 g/mol. The number of hydrazone groups is 1. The highest BCUT2D eigenvalue weighted by molar-refractivity contribution is 5.84. The van der Waals surface area contributed by atoms with Crippen molar-refractivity contribution in [2.24, 2.45) is 18.1 Å². The molecule has 0 radical (unpaired) electrons. The van der Waals surface area contributed by atoms with Crippen LogP contribution in [0.2, 0.25) is 0 Å². The molecule has 2 rings (SSSR count). The summed E-state index contributed by atoms with van der Waals surface area (Å²) in [7, 11) is 1.46. The number of nitro groups is 1. The van der Waals surface area contributed by atoms with Crippen LogP contribution in [0.25, 0.3) is 0 Å². The highest BCUT2D eigenvalue weighted by Gasteiger charge is 2.20. The fraction of sp³-hybridized carbons (Fsp3) is 0.429. The minimum atomic E-state index is -0.594. The van der Waals surface area contributed by atoms with Gasteiger partial charge in [-0.05, 0) is 18.8 Å². The molecule has 0 aliphatic carbocycles. The van der Waals surface area contributed by atoms with Gasteiger partial charge in [-0.2, -0.15) is 19.3 Å². The van der Waals surface area contributed by atoms with Crippen LogP contribution in [-0.2, 0) is 18.4 Å². The normalized spacial score (nSPS) is 12.5. The highest BCUT2D eigenvalue weighted by Crippen LogP contribution is 2.13. The van der Waals surface area contributed by atoms with E-state index in [1.54, 1.807) is 20.8 Å². The van der Waals surface area contributed by atoms with Crippen molar-refractivity contribution in [1.29, 1.82) is 0 Å². The Bertz CT molecular complexity index is 840. The van der Waals surface area contributed by atoms with Gasteiger partial charge in [0.2, 0.25) is 11.9 Å². The molecule has 11 heteroatoms. The van der Waals surface area contributed by atoms with Crippen LogP contribution in [0.15, 0.2) is 11.2 Å². The van der Waals surface area contributed by atoms with E-state index in [1.807, 2.05) is 0 Å². The van der Waals surface area contributed by atoms with E-state index in [1.165, 1.54) is 24.0 Å². The van der Waals surface area contributed by atoms with Crippen molar-refractivity contribution in [2.75, 3.05) is 0 Å². The molecule has 134 valence electrons. The van der Waals surface area contributed by atoms with Crippen molar-refractivity contribution < 1.29 is 14.1 Å². The molecule has 0 aliphatic rings. The second-order valence-corrected chi connectivity index (χ2v) is 5.63. The molecule has 0 saturated heterocycles. The van der Waals surface area contributed by atoms with Gasteiger partial charge in [0.25, 0.3) is 0 Å². The molecule has 2 aromatic heterocycles. The van der Waals surface area contributed by atoms with E-state index >= 15 is 0 Å². The molecule has 0 bridgehead atoms. The van der Waals surface area contributed by atoms with Crippen LogP contribution in [0.5, 0.6) is 0 Å². The minimum Gasteiger partial charge on any atom is -0.358 e. The van der Waals surface area contributed by atoms with Crippen molar-refractivity contribution in [2.45, 2.75) is 27.3 Å². The van der Waals surface area contributed by atoms with Gasteiger partial charge in [0, 0.05) is 7.05 Å². The lowest BCUT2D eigenvalue weighted by Gasteiger charge is -2.08. The van der Waals surface area contributed by atoms with E-state index in [-0.39, 0.29) is 17.9 Å². The first-order valence-corrected chi connectivity index (χ1v) is 7.41. The molecule has 25 heavy (non-hydrogen) atoms. The summed E-state index contributed by atoms with van der Waals surface area (Å²) in [6, 6.07) is 1.33. The van der Waals surface area contributed by atoms with Crippen molar-refractivity contribution in [3.63, 3.8) is 0 Å². The van der Waals surface area contributed by atoms with Crippen molar-refractivity contribution >= 4 is 17.9 Å². The number of hydrogen-bond donors (Lipinski definition) is 1. The molecule has 0 aromatic carbocycles. The Morgan fingerprint density at radius 2 is 2.20 bits per heavy atom. The zero-order chi connectivity index (χ0) is 18.7. The molecule has 0 unspecified atom stereocenters. The summed E-state index contributed by atoms with van der Waals surface area (Å²) < 4.78 is 16.2. The van der Waals surface area contributed by atoms with Gasteiger partial charge < -0.3 is 10.1 Å². The summed E-state index contributed by atoms with van der Waals surface area (Å²) in [5.41, 5.74) is 3.53. The SMILES string of the molecule is Cc1nn(C)c(F)c1/C=N\NC(=O)[C@@H](C)Cn1nc([N+](=O)[O-])cc1C. The second-order valence-electron chi connectivity index (χ2n) is 5.63. The third kappa shape index (κ3) is 4.05. The fourth-order valence-corrected chi connectivity index (χ4v) is 2.17. The predicted molar refractivity (Wildman–Crippen MR) is 86.4 cm³/mol. The van der Waals surface area contributed by atoms with Crippen molar-refractivity contribution in [3.8, 4) is 0 Å². The van der Waals surface area contributed by atoms with Crippen LogP contribution in [0.1, 0.15) is 23.9 Å². The molecule has 0 fully saturated rings. The quantitative estimate of drug-likeness (QED) is 0.474. The topological polar surface area (TPSA) is 120 Å². The Morgan fingerprint density at radius 3 is 2.72 bits per heavy atom. The van der Waals surface area contributed by atoms with E-state index in [0.29, 0.717) is 11.4 Å². The van der Waals surface area contributed by atoms with Gasteiger partial charge in [-0.15, -0.1) is 0 Å². The minimum absolute atomic E-state index is 0.154. The number of nitrogens with one attached hydrogen (secondary N) is 1. The monoisotopic (exact) mass is 351 g/mol. The molecule has 2 heterocycles. The maximum Gasteiger partial charge on any atom is 0.390 e. The number of rotatable bonds is 6. The van der Waals surface area contributed by atoms with Gasteiger partial charge in [-0.25, -0.2) is 10.1 Å². The number of hydrogen-bond acceptors (Lipinski definition) is 6. The molecular formula is C14H18FN7O3. The number of aryl methyl sites for hydroxylation is 3. The van der Waals surface area contributed by atoms with Crippen LogP contribution in [0, 0.1) is 35.8 Å². The maximum atomic E-state index is 13.7. The lowest BCUT2D eigenvalue weighted by molar-refractivity contribution is -0.389. The Labute approximate surface area is 142 Å². The maximum absolute atomic E-state index is 13.7. The molecule has 10 nitrogen and oxygen atoms in total. The van der Waals surface area contributed by atoms with Gasteiger partial charge in [0.15, 0.2) is 0 Å². The summed E-state index contributed by atoms with van der Waals surface area (Å²) in [5, 5.41) is 22.2. The van der Waals surface area contributed by atoms with E-state index in [9.17, 15) is 19.3 Å². The molecule has 0 aliphatic heterocycles. The van der Waals surface area contributed by atoms with Crippen LogP contribution >= 0.6 is 0 Å². The molecule has 0 saturated carbocycles. The zero-order valence-corrected chi connectivity index (χ0v) is 14.2.